The van der Waals surface area contributed by atoms with Gasteiger partial charge in [0.15, 0.2) is 5.41 Å². The molecular weight excluding hydrogens is 347 g/mol. The second-order valence-corrected chi connectivity index (χ2v) is 6.16. The van der Waals surface area contributed by atoms with Gasteiger partial charge in [0.2, 0.25) is 0 Å². The molecule has 0 bridgehead atoms. The van der Waals surface area contributed by atoms with Crippen LogP contribution in [-0.4, -0.2) is 30.6 Å². The van der Waals surface area contributed by atoms with Crippen LogP contribution in [0.25, 0.3) is 0 Å². The summed E-state index contributed by atoms with van der Waals surface area (Å²) in [5, 5.41) is 0. The lowest BCUT2D eigenvalue weighted by Gasteiger charge is -2.29. The lowest BCUT2D eigenvalue weighted by atomic mass is 9.76. The van der Waals surface area contributed by atoms with Gasteiger partial charge in [-0.15, -0.1) is 0 Å². The van der Waals surface area contributed by atoms with Gasteiger partial charge in [-0.2, -0.15) is 0 Å². The molecule has 2 rings (SSSR count). The van der Waals surface area contributed by atoms with E-state index in [1.165, 1.54) is 14.2 Å². The molecule has 0 radical (unpaired) electrons. The third kappa shape index (κ3) is 1.85. The third-order valence-electron chi connectivity index (χ3n) is 4.69. The fraction of sp³-hybridized carbons (Fsp3) is 0.846. The fourth-order valence-corrected chi connectivity index (χ4v) is 4.93. The first-order valence-corrected chi connectivity index (χ1v) is 7.87. The topological polar surface area (TPSA) is 52.6 Å². The molecule has 0 amide bonds. The van der Waals surface area contributed by atoms with Crippen LogP contribution in [0.15, 0.2) is 0 Å². The largest absolute Gasteiger partial charge is 0.468 e. The number of ether oxygens (including phenoxy) is 2. The van der Waals surface area contributed by atoms with Crippen molar-refractivity contribution < 1.29 is 19.1 Å². The van der Waals surface area contributed by atoms with Crippen LogP contribution in [0.5, 0.6) is 0 Å². The minimum atomic E-state index is -1.04. The van der Waals surface area contributed by atoms with Crippen molar-refractivity contribution in [2.24, 2.45) is 23.2 Å². The van der Waals surface area contributed by atoms with Crippen LogP contribution < -0.4 is 0 Å². The molecule has 2 aliphatic carbocycles. The Morgan fingerprint density at radius 3 is 2.33 bits per heavy atom. The molecule has 18 heavy (non-hydrogen) atoms. The first-order chi connectivity index (χ1) is 8.61. The summed E-state index contributed by atoms with van der Waals surface area (Å²) in [5.41, 5.74) is -1.04. The summed E-state index contributed by atoms with van der Waals surface area (Å²) in [7, 11) is 2.71. The minimum absolute atomic E-state index is 0.108. The van der Waals surface area contributed by atoms with E-state index < -0.39 is 17.4 Å². The van der Waals surface area contributed by atoms with Gasteiger partial charge in [-0.3, -0.25) is 9.59 Å². The highest BCUT2D eigenvalue weighted by atomic mass is 127. The van der Waals surface area contributed by atoms with Gasteiger partial charge in [-0.05, 0) is 37.0 Å². The number of alkyl halides is 1. The average molecular weight is 366 g/mol. The van der Waals surface area contributed by atoms with Crippen molar-refractivity contribution >= 4 is 34.5 Å². The molecular formula is C13H19IO4. The normalized spacial score (nSPS) is 32.9. The van der Waals surface area contributed by atoms with Gasteiger partial charge in [0, 0.05) is 4.43 Å². The van der Waals surface area contributed by atoms with E-state index in [9.17, 15) is 9.59 Å². The van der Waals surface area contributed by atoms with Gasteiger partial charge in [0.25, 0.3) is 0 Å². The quantitative estimate of drug-likeness (QED) is 0.333. The molecule has 2 saturated carbocycles. The van der Waals surface area contributed by atoms with E-state index >= 15 is 0 Å². The maximum atomic E-state index is 12.2. The van der Waals surface area contributed by atoms with Crippen LogP contribution in [-0.2, 0) is 19.1 Å². The van der Waals surface area contributed by atoms with Gasteiger partial charge in [-0.25, -0.2) is 0 Å². The van der Waals surface area contributed by atoms with E-state index in [4.69, 9.17) is 9.47 Å². The molecule has 0 heterocycles. The molecule has 0 aliphatic heterocycles. The Hall–Kier alpha value is -0.330. The zero-order chi connectivity index (χ0) is 13.3. The first kappa shape index (κ1) is 14.1. The summed E-state index contributed by atoms with van der Waals surface area (Å²) in [6.45, 7) is 0. The van der Waals surface area contributed by atoms with Crippen LogP contribution >= 0.6 is 22.6 Å². The summed E-state index contributed by atoms with van der Waals surface area (Å²) in [5.74, 6) is 0.200. The maximum absolute atomic E-state index is 12.2. The number of methoxy groups -OCH3 is 2. The monoisotopic (exact) mass is 366 g/mol. The highest BCUT2D eigenvalue weighted by Crippen LogP contribution is 2.59. The van der Waals surface area contributed by atoms with Crippen LogP contribution in [0.3, 0.4) is 0 Å². The highest BCUT2D eigenvalue weighted by molar-refractivity contribution is 14.1. The number of halogens is 1. The van der Waals surface area contributed by atoms with Crippen molar-refractivity contribution in [2.75, 3.05) is 18.6 Å². The van der Waals surface area contributed by atoms with Crippen molar-refractivity contribution in [1.82, 2.24) is 0 Å². The van der Waals surface area contributed by atoms with Gasteiger partial charge in [0.1, 0.15) is 0 Å². The van der Waals surface area contributed by atoms with E-state index in [0.29, 0.717) is 18.3 Å². The van der Waals surface area contributed by atoms with E-state index in [2.05, 4.69) is 22.6 Å². The molecule has 5 heteroatoms. The van der Waals surface area contributed by atoms with Gasteiger partial charge >= 0.3 is 11.9 Å². The number of hydrogen-bond acceptors (Lipinski definition) is 4. The highest BCUT2D eigenvalue weighted by Gasteiger charge is 2.64. The smallest absolute Gasteiger partial charge is 0.323 e. The van der Waals surface area contributed by atoms with Crippen molar-refractivity contribution in [3.63, 3.8) is 0 Å². The standard InChI is InChI=1S/C13H19IO4/c1-17-11(15)13(12(16)18-2)6-8(7-14)9-4-3-5-10(9)13/h8-10H,3-7H2,1-2H3/t8-,9+,10+/m1/s1. The van der Waals surface area contributed by atoms with Crippen molar-refractivity contribution in [3.8, 4) is 0 Å². The Morgan fingerprint density at radius 2 is 1.83 bits per heavy atom. The molecule has 0 aromatic carbocycles. The lowest BCUT2D eigenvalue weighted by Crippen LogP contribution is -2.44. The second kappa shape index (κ2) is 5.35. The fourth-order valence-electron chi connectivity index (χ4n) is 3.97. The van der Waals surface area contributed by atoms with E-state index in [1.807, 2.05) is 0 Å². The zero-order valence-corrected chi connectivity index (χ0v) is 12.9. The number of hydrogen-bond donors (Lipinski definition) is 0. The SMILES string of the molecule is COC(=O)C1(C(=O)OC)C[C@H](CI)[C@@H]2CCC[C@@H]21. The average Bonchev–Trinajstić information content (AvgIpc) is 2.97. The van der Waals surface area contributed by atoms with Crippen molar-refractivity contribution in [1.29, 1.82) is 0 Å². The Bertz CT molecular complexity index is 339. The van der Waals surface area contributed by atoms with E-state index in [0.717, 1.165) is 23.7 Å². The van der Waals surface area contributed by atoms with Crippen molar-refractivity contribution in [3.05, 3.63) is 0 Å². The number of esters is 2. The number of fused-ring (bicyclic) bond motifs is 1. The third-order valence-corrected chi connectivity index (χ3v) is 5.82. The molecule has 0 unspecified atom stereocenters. The summed E-state index contributed by atoms with van der Waals surface area (Å²) in [6, 6.07) is 0. The summed E-state index contributed by atoms with van der Waals surface area (Å²) < 4.78 is 10.8. The summed E-state index contributed by atoms with van der Waals surface area (Å²) in [4.78, 5) is 24.4. The van der Waals surface area contributed by atoms with Crippen molar-refractivity contribution in [2.45, 2.75) is 25.7 Å². The number of carbonyl (C=O) groups excluding carboxylic acids is 2. The molecule has 4 nitrogen and oxygen atoms in total. The Labute approximate surface area is 121 Å². The zero-order valence-electron chi connectivity index (χ0n) is 10.8. The molecule has 0 spiro atoms. The molecule has 2 fully saturated rings. The first-order valence-electron chi connectivity index (χ1n) is 6.34. The second-order valence-electron chi connectivity index (χ2n) is 5.27. The molecule has 102 valence electrons. The Morgan fingerprint density at radius 1 is 1.22 bits per heavy atom. The van der Waals surface area contributed by atoms with Crippen LogP contribution in [0, 0.1) is 23.2 Å². The Balaban J connectivity index is 2.40. The molecule has 0 aromatic heterocycles. The predicted molar refractivity (Wildman–Crippen MR) is 74.3 cm³/mol. The van der Waals surface area contributed by atoms with Gasteiger partial charge < -0.3 is 9.47 Å². The van der Waals surface area contributed by atoms with Gasteiger partial charge in [-0.1, -0.05) is 29.0 Å². The number of rotatable bonds is 3. The number of carbonyl (C=O) groups is 2. The summed E-state index contributed by atoms with van der Waals surface area (Å²) >= 11 is 2.35. The molecule has 2 aliphatic rings. The summed E-state index contributed by atoms with van der Waals surface area (Å²) in [6.07, 6.45) is 3.74. The van der Waals surface area contributed by atoms with Gasteiger partial charge in [0.05, 0.1) is 14.2 Å². The molecule has 3 atom stereocenters. The maximum Gasteiger partial charge on any atom is 0.323 e. The predicted octanol–water partition coefficient (Wildman–Crippen LogP) is 2.19. The van der Waals surface area contributed by atoms with Crippen LogP contribution in [0.1, 0.15) is 25.7 Å². The molecule has 0 saturated heterocycles. The van der Waals surface area contributed by atoms with E-state index in [1.54, 1.807) is 0 Å². The van der Waals surface area contributed by atoms with E-state index in [-0.39, 0.29) is 5.92 Å². The molecule has 0 N–H and O–H groups in total. The van der Waals surface area contributed by atoms with Crippen LogP contribution in [0.4, 0.5) is 0 Å². The molecule has 0 aromatic rings. The Kier molecular flexibility index (Phi) is 4.18. The minimum Gasteiger partial charge on any atom is -0.468 e. The van der Waals surface area contributed by atoms with Crippen LogP contribution in [0.2, 0.25) is 0 Å². The lowest BCUT2D eigenvalue weighted by molar-refractivity contribution is -0.172.